The highest BCUT2D eigenvalue weighted by Gasteiger charge is 2.44. The van der Waals surface area contributed by atoms with Crippen molar-refractivity contribution in [3.63, 3.8) is 0 Å². The molecule has 1 aliphatic rings. The molecule has 0 saturated carbocycles. The lowest BCUT2D eigenvalue weighted by molar-refractivity contribution is -0.295. The van der Waals surface area contributed by atoms with Crippen LogP contribution in [-0.4, -0.2) is 37.9 Å². The van der Waals surface area contributed by atoms with Gasteiger partial charge in [-0.1, -0.05) is 30.3 Å². The first-order chi connectivity index (χ1) is 13.1. The first-order valence-electron chi connectivity index (χ1n) is 10.2. The van der Waals surface area contributed by atoms with Gasteiger partial charge >= 0.3 is 0 Å². The Morgan fingerprint density at radius 2 is 1.71 bits per heavy atom. The van der Waals surface area contributed by atoms with E-state index in [1.54, 1.807) is 0 Å². The Kier molecular flexibility index (Phi) is 5.78. The molecule has 0 N–H and O–H groups in total. The maximum absolute atomic E-state index is 13.4. The summed E-state index contributed by atoms with van der Waals surface area (Å²) in [4.78, 5) is 20.0. The number of piperidine rings is 1. The molecule has 2 aromatic rings. The van der Waals surface area contributed by atoms with Gasteiger partial charge in [0.15, 0.2) is 6.10 Å². The molecule has 1 aromatic carbocycles. The fraction of sp³-hybridized carbons (Fsp3) is 0.565. The van der Waals surface area contributed by atoms with E-state index < -0.39 is 6.10 Å². The first kappa shape index (κ1) is 20.7. The summed E-state index contributed by atoms with van der Waals surface area (Å²) in [5.41, 5.74) is 2.48. The second-order valence-corrected chi connectivity index (χ2v) is 9.23. The van der Waals surface area contributed by atoms with Crippen molar-refractivity contribution in [1.82, 2.24) is 14.8 Å². The van der Waals surface area contributed by atoms with Gasteiger partial charge < -0.3 is 0 Å². The third kappa shape index (κ3) is 4.36. The van der Waals surface area contributed by atoms with Crippen molar-refractivity contribution in [3.8, 4) is 0 Å². The zero-order chi connectivity index (χ0) is 20.5. The number of carbonyl (C=O) groups is 1. The minimum Gasteiger partial charge on any atom is -0.284 e. The molecule has 0 radical (unpaired) electrons. The number of benzene rings is 1. The number of hydrogen-bond donors (Lipinski definition) is 0. The van der Waals surface area contributed by atoms with Crippen LogP contribution in [0.25, 0.3) is 0 Å². The van der Waals surface area contributed by atoms with Gasteiger partial charge in [-0.15, -0.1) is 0 Å². The summed E-state index contributed by atoms with van der Waals surface area (Å²) in [7, 11) is 0. The number of aromatic nitrogens is 2. The Bertz CT molecular complexity index is 808. The molecule has 152 valence electrons. The highest BCUT2D eigenvalue weighted by atomic mass is 16.7. The van der Waals surface area contributed by atoms with Crippen LogP contribution in [0.2, 0.25) is 0 Å². The van der Waals surface area contributed by atoms with Crippen LogP contribution in [0.5, 0.6) is 0 Å². The third-order valence-electron chi connectivity index (χ3n) is 5.67. The Balaban J connectivity index is 1.93. The average molecular weight is 384 g/mol. The summed E-state index contributed by atoms with van der Waals surface area (Å²) in [5.74, 6) is -0.119. The van der Waals surface area contributed by atoms with Gasteiger partial charge in [0.05, 0.1) is 5.69 Å². The van der Waals surface area contributed by atoms with Crippen LogP contribution in [0.3, 0.4) is 0 Å². The monoisotopic (exact) mass is 383 g/mol. The molecule has 1 saturated heterocycles. The van der Waals surface area contributed by atoms with Crippen LogP contribution < -0.4 is 0 Å². The number of hydroxylamine groups is 2. The fourth-order valence-corrected chi connectivity index (χ4v) is 4.37. The standard InChI is InChI=1S/C23H33N3O2/c1-17-15-18(2)25(24-17)21(27)20(16-19-11-8-7-9-12-19)28-26-22(3,4)13-10-14-23(26,5)6/h7-9,11-12,15,20H,10,13-14,16H2,1-6H3. The number of nitrogens with zero attached hydrogens (tertiary/aromatic N) is 3. The van der Waals surface area contributed by atoms with Crippen LogP contribution in [0, 0.1) is 13.8 Å². The molecule has 5 nitrogen and oxygen atoms in total. The van der Waals surface area contributed by atoms with E-state index in [1.165, 1.54) is 4.68 Å². The smallest absolute Gasteiger partial charge is 0.278 e. The van der Waals surface area contributed by atoms with Crippen molar-refractivity contribution >= 4 is 5.91 Å². The zero-order valence-corrected chi connectivity index (χ0v) is 18.0. The minimum atomic E-state index is -0.628. The van der Waals surface area contributed by atoms with E-state index in [4.69, 9.17) is 4.84 Å². The maximum atomic E-state index is 13.4. The SMILES string of the molecule is Cc1cc(C)n(C(=O)C(Cc2ccccc2)ON2C(C)(C)CCCC2(C)C)n1. The Labute approximate surface area is 168 Å². The molecule has 2 heterocycles. The van der Waals surface area contributed by atoms with E-state index in [2.05, 4.69) is 37.9 Å². The molecule has 1 aliphatic heterocycles. The highest BCUT2D eigenvalue weighted by Crippen LogP contribution is 2.39. The lowest BCUT2D eigenvalue weighted by Gasteiger charge is -2.52. The van der Waals surface area contributed by atoms with Gasteiger partial charge in [-0.3, -0.25) is 9.63 Å². The van der Waals surface area contributed by atoms with Gasteiger partial charge in [-0.2, -0.15) is 10.2 Å². The van der Waals surface area contributed by atoms with Crippen LogP contribution >= 0.6 is 0 Å². The van der Waals surface area contributed by atoms with E-state index >= 15 is 0 Å². The molecule has 0 aliphatic carbocycles. The highest BCUT2D eigenvalue weighted by molar-refractivity contribution is 5.83. The Morgan fingerprint density at radius 3 is 2.25 bits per heavy atom. The second kappa shape index (κ2) is 7.80. The normalized spacial score (nSPS) is 20.1. The lowest BCUT2D eigenvalue weighted by Crippen LogP contribution is -2.60. The fourth-order valence-electron chi connectivity index (χ4n) is 4.37. The second-order valence-electron chi connectivity index (χ2n) is 9.23. The first-order valence-corrected chi connectivity index (χ1v) is 10.2. The van der Waals surface area contributed by atoms with E-state index in [0.29, 0.717) is 6.42 Å². The molecule has 0 amide bonds. The molecule has 5 heteroatoms. The lowest BCUT2D eigenvalue weighted by atomic mass is 9.82. The van der Waals surface area contributed by atoms with Gasteiger partial charge in [-0.05, 0) is 72.4 Å². The van der Waals surface area contributed by atoms with Crippen molar-refractivity contribution in [2.75, 3.05) is 0 Å². The van der Waals surface area contributed by atoms with E-state index in [1.807, 2.05) is 50.2 Å². The summed E-state index contributed by atoms with van der Waals surface area (Å²) in [6.45, 7) is 12.6. The molecular formula is C23H33N3O2. The molecule has 3 rings (SSSR count). The van der Waals surface area contributed by atoms with Gasteiger partial charge in [0.25, 0.3) is 5.91 Å². The van der Waals surface area contributed by atoms with Crippen molar-refractivity contribution < 1.29 is 9.63 Å². The van der Waals surface area contributed by atoms with Gasteiger partial charge in [0.1, 0.15) is 0 Å². The number of aryl methyl sites for hydroxylation is 2. The van der Waals surface area contributed by atoms with Crippen LogP contribution in [0.15, 0.2) is 36.4 Å². The molecule has 1 unspecified atom stereocenters. The summed E-state index contributed by atoms with van der Waals surface area (Å²) >= 11 is 0. The van der Waals surface area contributed by atoms with E-state index in [0.717, 1.165) is 36.2 Å². The molecule has 28 heavy (non-hydrogen) atoms. The molecule has 1 aromatic heterocycles. The third-order valence-corrected chi connectivity index (χ3v) is 5.67. The quantitative estimate of drug-likeness (QED) is 0.749. The van der Waals surface area contributed by atoms with Crippen LogP contribution in [-0.2, 0) is 11.3 Å². The molecule has 1 fully saturated rings. The molecule has 0 spiro atoms. The predicted molar refractivity (Wildman–Crippen MR) is 111 cm³/mol. The number of hydrogen-bond acceptors (Lipinski definition) is 4. The number of carbonyl (C=O) groups excluding carboxylic acids is 1. The van der Waals surface area contributed by atoms with Crippen molar-refractivity contribution in [1.29, 1.82) is 0 Å². The number of rotatable bonds is 5. The van der Waals surface area contributed by atoms with Gasteiger partial charge in [0, 0.05) is 23.2 Å². The van der Waals surface area contributed by atoms with Gasteiger partial charge in [0.2, 0.25) is 0 Å². The van der Waals surface area contributed by atoms with Crippen LogP contribution in [0.1, 0.15) is 68.7 Å². The van der Waals surface area contributed by atoms with Gasteiger partial charge in [-0.25, -0.2) is 4.68 Å². The Morgan fingerprint density at radius 1 is 1.11 bits per heavy atom. The maximum Gasteiger partial charge on any atom is 0.278 e. The largest absolute Gasteiger partial charge is 0.284 e. The summed E-state index contributed by atoms with van der Waals surface area (Å²) in [6.07, 6.45) is 3.14. The van der Waals surface area contributed by atoms with Crippen molar-refractivity contribution in [3.05, 3.63) is 53.3 Å². The zero-order valence-electron chi connectivity index (χ0n) is 18.0. The van der Waals surface area contributed by atoms with E-state index in [9.17, 15) is 4.79 Å². The summed E-state index contributed by atoms with van der Waals surface area (Å²) < 4.78 is 1.49. The topological polar surface area (TPSA) is 47.4 Å². The van der Waals surface area contributed by atoms with Crippen molar-refractivity contribution in [2.24, 2.45) is 0 Å². The van der Waals surface area contributed by atoms with Crippen molar-refractivity contribution in [2.45, 2.75) is 84.4 Å². The average Bonchev–Trinajstić information content (AvgIpc) is 2.95. The molecular weight excluding hydrogens is 350 g/mol. The van der Waals surface area contributed by atoms with Crippen LogP contribution in [0.4, 0.5) is 0 Å². The summed E-state index contributed by atoms with van der Waals surface area (Å²) in [5, 5.41) is 6.48. The molecule has 0 bridgehead atoms. The molecule has 1 atom stereocenters. The van der Waals surface area contributed by atoms with E-state index in [-0.39, 0.29) is 17.0 Å². The Hall–Kier alpha value is -1.98. The predicted octanol–water partition coefficient (Wildman–Crippen LogP) is 4.73. The summed E-state index contributed by atoms with van der Waals surface area (Å²) in [6, 6.07) is 12.0. The minimum absolute atomic E-state index is 0.119.